The zero-order valence-electron chi connectivity index (χ0n) is 14.1. The summed E-state index contributed by atoms with van der Waals surface area (Å²) in [4.78, 5) is 0. The van der Waals surface area contributed by atoms with Gasteiger partial charge in [0.05, 0.1) is 16.4 Å². The molecule has 0 saturated carbocycles. The van der Waals surface area contributed by atoms with Gasteiger partial charge in [-0.15, -0.1) is 0 Å². The van der Waals surface area contributed by atoms with Crippen LogP contribution >= 0.6 is 11.6 Å². The molecule has 1 N–H and O–H groups in total. The molecule has 0 bridgehead atoms. The Morgan fingerprint density at radius 2 is 2.10 bits per heavy atom. The monoisotopic (exact) mass is 315 g/mol. The second-order valence-electron chi connectivity index (χ2n) is 5.81. The van der Waals surface area contributed by atoms with Crippen LogP contribution in [-0.2, 0) is 17.7 Å². The summed E-state index contributed by atoms with van der Waals surface area (Å²) in [6.45, 7) is 11.2. The number of hydrogen-bond acceptors (Lipinski definition) is 3. The van der Waals surface area contributed by atoms with Gasteiger partial charge in [0.1, 0.15) is 0 Å². The molecule has 1 heterocycles. The lowest BCUT2D eigenvalue weighted by molar-refractivity contribution is 0.149. The minimum atomic E-state index is 0.411. The van der Waals surface area contributed by atoms with E-state index in [0.29, 0.717) is 12.0 Å². The maximum absolute atomic E-state index is 6.43. The molecule has 0 aliphatic carbocycles. The van der Waals surface area contributed by atoms with Crippen LogP contribution in [-0.4, -0.2) is 36.1 Å². The van der Waals surface area contributed by atoms with Crippen molar-refractivity contribution in [2.24, 2.45) is 5.92 Å². The Balaban J connectivity index is 2.79. The molecule has 122 valence electrons. The molecular weight excluding hydrogens is 286 g/mol. The second kappa shape index (κ2) is 9.44. The SMILES string of the molecule is CCCNC(Cc1c(Cl)c(C)nn1CC)CC(C)COC. The van der Waals surface area contributed by atoms with Crippen LogP contribution in [0, 0.1) is 12.8 Å². The van der Waals surface area contributed by atoms with Crippen LogP contribution in [0.5, 0.6) is 0 Å². The Morgan fingerprint density at radius 1 is 1.38 bits per heavy atom. The Morgan fingerprint density at radius 3 is 2.67 bits per heavy atom. The Bertz CT molecular complexity index is 420. The van der Waals surface area contributed by atoms with E-state index < -0.39 is 0 Å². The molecule has 0 aromatic carbocycles. The number of halogens is 1. The summed E-state index contributed by atoms with van der Waals surface area (Å²) in [7, 11) is 1.76. The lowest BCUT2D eigenvalue weighted by Gasteiger charge is -2.22. The van der Waals surface area contributed by atoms with Gasteiger partial charge in [-0.1, -0.05) is 25.4 Å². The van der Waals surface area contributed by atoms with E-state index in [0.717, 1.165) is 55.4 Å². The van der Waals surface area contributed by atoms with E-state index in [1.165, 1.54) is 0 Å². The third kappa shape index (κ3) is 5.61. The fourth-order valence-electron chi connectivity index (χ4n) is 2.72. The van der Waals surface area contributed by atoms with Gasteiger partial charge in [0.25, 0.3) is 0 Å². The highest BCUT2D eigenvalue weighted by molar-refractivity contribution is 6.31. The van der Waals surface area contributed by atoms with Crippen molar-refractivity contribution in [2.45, 2.75) is 59.5 Å². The van der Waals surface area contributed by atoms with Crippen molar-refractivity contribution in [2.75, 3.05) is 20.3 Å². The molecule has 0 saturated heterocycles. The smallest absolute Gasteiger partial charge is 0.0847 e. The maximum atomic E-state index is 6.43. The number of nitrogens with one attached hydrogen (secondary N) is 1. The van der Waals surface area contributed by atoms with Crippen LogP contribution in [0.2, 0.25) is 5.02 Å². The molecular formula is C16H30ClN3O. The zero-order chi connectivity index (χ0) is 15.8. The van der Waals surface area contributed by atoms with Gasteiger partial charge < -0.3 is 10.1 Å². The van der Waals surface area contributed by atoms with Gasteiger partial charge in [0.2, 0.25) is 0 Å². The van der Waals surface area contributed by atoms with E-state index in [4.69, 9.17) is 16.3 Å². The summed E-state index contributed by atoms with van der Waals surface area (Å²) >= 11 is 6.43. The van der Waals surface area contributed by atoms with E-state index in [-0.39, 0.29) is 0 Å². The van der Waals surface area contributed by atoms with Crippen molar-refractivity contribution in [3.63, 3.8) is 0 Å². The normalized spacial score (nSPS) is 14.4. The van der Waals surface area contributed by atoms with Crippen LogP contribution in [0.4, 0.5) is 0 Å². The molecule has 0 aliphatic heterocycles. The molecule has 0 fully saturated rings. The van der Waals surface area contributed by atoms with Crippen molar-refractivity contribution in [1.82, 2.24) is 15.1 Å². The number of hydrogen-bond donors (Lipinski definition) is 1. The number of methoxy groups -OCH3 is 1. The first-order valence-corrected chi connectivity index (χ1v) is 8.35. The molecule has 0 amide bonds. The summed E-state index contributed by atoms with van der Waals surface area (Å²) in [5, 5.41) is 8.97. The van der Waals surface area contributed by atoms with Crippen LogP contribution in [0.1, 0.15) is 45.0 Å². The summed E-state index contributed by atoms with van der Waals surface area (Å²) < 4.78 is 7.29. The summed E-state index contributed by atoms with van der Waals surface area (Å²) in [6.07, 6.45) is 3.13. The molecule has 4 nitrogen and oxygen atoms in total. The van der Waals surface area contributed by atoms with Gasteiger partial charge in [0, 0.05) is 32.7 Å². The predicted octanol–water partition coefficient (Wildman–Crippen LogP) is 3.45. The molecule has 1 aromatic heterocycles. The molecule has 1 aromatic rings. The first kappa shape index (κ1) is 18.5. The lowest BCUT2D eigenvalue weighted by Crippen LogP contribution is -2.34. The second-order valence-corrected chi connectivity index (χ2v) is 6.19. The molecule has 0 radical (unpaired) electrons. The maximum Gasteiger partial charge on any atom is 0.0847 e. The zero-order valence-corrected chi connectivity index (χ0v) is 14.8. The van der Waals surface area contributed by atoms with E-state index in [1.54, 1.807) is 7.11 Å². The van der Waals surface area contributed by atoms with E-state index in [9.17, 15) is 0 Å². The minimum absolute atomic E-state index is 0.411. The van der Waals surface area contributed by atoms with Gasteiger partial charge in [-0.3, -0.25) is 4.68 Å². The number of aromatic nitrogens is 2. The van der Waals surface area contributed by atoms with Crippen LogP contribution in [0.15, 0.2) is 0 Å². The standard InChI is InChI=1S/C16H30ClN3O/c1-6-8-18-14(9-12(3)11-21-5)10-15-16(17)13(4)19-20(15)7-2/h12,14,18H,6-11H2,1-5H3. The van der Waals surface area contributed by atoms with E-state index in [2.05, 4.69) is 31.2 Å². The highest BCUT2D eigenvalue weighted by Gasteiger charge is 2.19. The van der Waals surface area contributed by atoms with Gasteiger partial charge in [-0.05, 0) is 39.2 Å². The predicted molar refractivity (Wildman–Crippen MR) is 89.1 cm³/mol. The first-order valence-electron chi connectivity index (χ1n) is 7.97. The average Bonchev–Trinajstić information content (AvgIpc) is 2.72. The topological polar surface area (TPSA) is 39.1 Å². The molecule has 0 aliphatic rings. The van der Waals surface area contributed by atoms with Crippen LogP contribution in [0.25, 0.3) is 0 Å². The Labute approximate surface area is 134 Å². The largest absolute Gasteiger partial charge is 0.384 e. The number of ether oxygens (including phenoxy) is 1. The Kier molecular flexibility index (Phi) is 8.30. The third-order valence-corrected chi connectivity index (χ3v) is 4.21. The van der Waals surface area contributed by atoms with Crippen molar-refractivity contribution in [3.8, 4) is 0 Å². The fraction of sp³-hybridized carbons (Fsp3) is 0.812. The summed E-state index contributed by atoms with van der Waals surface area (Å²) in [6, 6.07) is 0.411. The quantitative estimate of drug-likeness (QED) is 0.719. The number of rotatable bonds is 10. The molecule has 2 atom stereocenters. The van der Waals surface area contributed by atoms with Crippen molar-refractivity contribution in [3.05, 3.63) is 16.4 Å². The van der Waals surface area contributed by atoms with Crippen LogP contribution < -0.4 is 5.32 Å². The average molecular weight is 316 g/mol. The highest BCUT2D eigenvalue weighted by atomic mass is 35.5. The third-order valence-electron chi connectivity index (χ3n) is 3.71. The van der Waals surface area contributed by atoms with Gasteiger partial charge in [-0.2, -0.15) is 5.10 Å². The lowest BCUT2D eigenvalue weighted by atomic mass is 9.98. The summed E-state index contributed by atoms with van der Waals surface area (Å²) in [5.41, 5.74) is 2.07. The molecule has 2 unspecified atom stereocenters. The van der Waals surface area contributed by atoms with Gasteiger partial charge >= 0.3 is 0 Å². The molecule has 21 heavy (non-hydrogen) atoms. The number of aryl methyl sites for hydroxylation is 2. The molecule has 5 heteroatoms. The summed E-state index contributed by atoms with van der Waals surface area (Å²) in [5.74, 6) is 0.530. The van der Waals surface area contributed by atoms with Crippen molar-refractivity contribution < 1.29 is 4.74 Å². The van der Waals surface area contributed by atoms with Crippen molar-refractivity contribution >= 4 is 11.6 Å². The first-order chi connectivity index (χ1) is 10.0. The Hall–Kier alpha value is -0.580. The van der Waals surface area contributed by atoms with Gasteiger partial charge in [0.15, 0.2) is 0 Å². The van der Waals surface area contributed by atoms with E-state index >= 15 is 0 Å². The molecule has 1 rings (SSSR count). The number of nitrogens with zero attached hydrogens (tertiary/aromatic N) is 2. The van der Waals surface area contributed by atoms with E-state index in [1.807, 2.05) is 11.6 Å². The van der Waals surface area contributed by atoms with Crippen molar-refractivity contribution in [1.29, 1.82) is 0 Å². The highest BCUT2D eigenvalue weighted by Crippen LogP contribution is 2.23. The molecule has 0 spiro atoms. The minimum Gasteiger partial charge on any atom is -0.384 e. The van der Waals surface area contributed by atoms with Crippen LogP contribution in [0.3, 0.4) is 0 Å². The fourth-order valence-corrected chi connectivity index (χ4v) is 2.94. The van der Waals surface area contributed by atoms with Gasteiger partial charge in [-0.25, -0.2) is 0 Å².